The second-order valence-electron chi connectivity index (χ2n) is 9.59. The van der Waals surface area contributed by atoms with Gasteiger partial charge in [-0.25, -0.2) is 4.79 Å². The predicted octanol–water partition coefficient (Wildman–Crippen LogP) is 6.80. The Balaban J connectivity index is 1.30. The van der Waals surface area contributed by atoms with Crippen LogP contribution in [0.1, 0.15) is 56.1 Å². The van der Waals surface area contributed by atoms with Crippen molar-refractivity contribution in [3.05, 3.63) is 65.7 Å². The number of nitrogens with zero attached hydrogens (tertiary/aromatic N) is 1. The van der Waals surface area contributed by atoms with Crippen LogP contribution in [-0.4, -0.2) is 25.2 Å². The number of hydrogen-bond donors (Lipinski definition) is 1. The molecule has 1 aliphatic carbocycles. The minimum atomic E-state index is -4.31. The molecule has 4 rings (SSSR count). The summed E-state index contributed by atoms with van der Waals surface area (Å²) in [7, 11) is 0. The van der Waals surface area contributed by atoms with Crippen LogP contribution < -0.4 is 10.2 Å². The zero-order valence-corrected chi connectivity index (χ0v) is 19.4. The molecule has 1 N–H and O–H groups in total. The molecule has 1 aliphatic heterocycles. The number of benzene rings is 2. The van der Waals surface area contributed by atoms with E-state index in [9.17, 15) is 18.0 Å². The van der Waals surface area contributed by atoms with E-state index in [-0.39, 0.29) is 18.7 Å². The summed E-state index contributed by atoms with van der Waals surface area (Å²) in [6, 6.07) is 15.3. The van der Waals surface area contributed by atoms with Gasteiger partial charge < -0.3 is 15.0 Å². The largest absolute Gasteiger partial charge is 0.445 e. The lowest BCUT2D eigenvalue weighted by molar-refractivity contribution is -0.137. The Kier molecular flexibility index (Phi) is 8.01. The first kappa shape index (κ1) is 24.4. The van der Waals surface area contributed by atoms with E-state index in [4.69, 9.17) is 4.74 Å². The number of anilines is 1. The molecule has 0 unspecified atom stereocenters. The average Bonchev–Trinajstić information content (AvgIpc) is 2.84. The van der Waals surface area contributed by atoms with Crippen LogP contribution in [0, 0.1) is 11.8 Å². The van der Waals surface area contributed by atoms with Gasteiger partial charge in [0, 0.05) is 24.8 Å². The number of carbonyl (C=O) groups excluding carboxylic acids is 1. The summed E-state index contributed by atoms with van der Waals surface area (Å²) in [6.07, 6.45) is 2.78. The Morgan fingerprint density at radius 1 is 0.971 bits per heavy atom. The Morgan fingerprint density at radius 2 is 1.71 bits per heavy atom. The van der Waals surface area contributed by atoms with Crippen molar-refractivity contribution in [2.75, 3.05) is 18.0 Å². The molecule has 1 saturated carbocycles. The third-order valence-electron chi connectivity index (χ3n) is 7.14. The van der Waals surface area contributed by atoms with Crippen LogP contribution >= 0.6 is 0 Å². The van der Waals surface area contributed by atoms with Gasteiger partial charge in [0.1, 0.15) is 6.61 Å². The average molecular weight is 475 g/mol. The van der Waals surface area contributed by atoms with Crippen molar-refractivity contribution in [2.24, 2.45) is 11.8 Å². The fourth-order valence-corrected chi connectivity index (χ4v) is 5.38. The zero-order valence-electron chi connectivity index (χ0n) is 19.4. The van der Waals surface area contributed by atoms with Crippen LogP contribution in [0.4, 0.5) is 23.7 Å². The van der Waals surface area contributed by atoms with Gasteiger partial charge in [-0.05, 0) is 73.8 Å². The van der Waals surface area contributed by atoms with Crippen molar-refractivity contribution < 1.29 is 22.7 Å². The highest BCUT2D eigenvalue weighted by Crippen LogP contribution is 2.35. The lowest BCUT2D eigenvalue weighted by atomic mass is 9.77. The minimum absolute atomic E-state index is 0.110. The quantitative estimate of drug-likeness (QED) is 0.501. The molecule has 2 fully saturated rings. The molecule has 1 amide bonds. The molecule has 1 heterocycles. The number of hydrogen-bond acceptors (Lipinski definition) is 3. The van der Waals surface area contributed by atoms with E-state index in [1.807, 2.05) is 30.3 Å². The fraction of sp³-hybridized carbons (Fsp3) is 0.519. The van der Waals surface area contributed by atoms with Crippen LogP contribution in [0.2, 0.25) is 0 Å². The van der Waals surface area contributed by atoms with Crippen LogP contribution in [0.25, 0.3) is 0 Å². The normalized spacial score (nSPS) is 23.4. The van der Waals surface area contributed by atoms with Gasteiger partial charge in [0.2, 0.25) is 0 Å². The van der Waals surface area contributed by atoms with Gasteiger partial charge >= 0.3 is 12.3 Å². The SMILES string of the molecule is O=C(N[C@@H]1CCCC[C@H]1C[C@H]1CCCN(c2ccc(C(F)(F)F)cc2)C1)OCc1ccccc1. The van der Waals surface area contributed by atoms with Gasteiger partial charge in [0.05, 0.1) is 5.56 Å². The summed E-state index contributed by atoms with van der Waals surface area (Å²) in [6.45, 7) is 1.96. The molecule has 0 aromatic heterocycles. The molecule has 2 aromatic carbocycles. The first-order chi connectivity index (χ1) is 16.4. The first-order valence-electron chi connectivity index (χ1n) is 12.3. The van der Waals surface area contributed by atoms with Gasteiger partial charge in [-0.1, -0.05) is 43.2 Å². The van der Waals surface area contributed by atoms with Gasteiger partial charge in [-0.2, -0.15) is 13.2 Å². The van der Waals surface area contributed by atoms with E-state index in [2.05, 4.69) is 10.2 Å². The van der Waals surface area contributed by atoms with Crippen LogP contribution in [-0.2, 0) is 17.5 Å². The Bertz CT molecular complexity index is 918. The molecule has 0 spiro atoms. The number of rotatable bonds is 6. The molecule has 2 aromatic rings. The second kappa shape index (κ2) is 11.2. The fourth-order valence-electron chi connectivity index (χ4n) is 5.38. The van der Waals surface area contributed by atoms with Crippen molar-refractivity contribution >= 4 is 11.8 Å². The number of nitrogens with one attached hydrogen (secondary N) is 1. The van der Waals surface area contributed by atoms with E-state index in [0.717, 1.165) is 69.3 Å². The summed E-state index contributed by atoms with van der Waals surface area (Å²) < 4.78 is 44.1. The van der Waals surface area contributed by atoms with E-state index in [1.54, 1.807) is 12.1 Å². The molecule has 3 atom stereocenters. The van der Waals surface area contributed by atoms with Crippen molar-refractivity contribution in [1.82, 2.24) is 5.32 Å². The number of amides is 1. The van der Waals surface area contributed by atoms with Gasteiger partial charge in [0.15, 0.2) is 0 Å². The molecule has 34 heavy (non-hydrogen) atoms. The first-order valence-corrected chi connectivity index (χ1v) is 12.3. The molecule has 1 saturated heterocycles. The summed E-state index contributed by atoms with van der Waals surface area (Å²) in [5, 5.41) is 3.11. The molecule has 7 heteroatoms. The number of alkyl halides is 3. The monoisotopic (exact) mass is 474 g/mol. The lowest BCUT2D eigenvalue weighted by Gasteiger charge is -2.39. The third kappa shape index (κ3) is 6.67. The predicted molar refractivity (Wildman–Crippen MR) is 127 cm³/mol. The van der Waals surface area contributed by atoms with E-state index in [0.29, 0.717) is 11.8 Å². The summed E-state index contributed by atoms with van der Waals surface area (Å²) in [5.41, 5.74) is 1.20. The minimum Gasteiger partial charge on any atom is -0.445 e. The third-order valence-corrected chi connectivity index (χ3v) is 7.14. The van der Waals surface area contributed by atoms with Crippen molar-refractivity contribution in [1.29, 1.82) is 0 Å². The summed E-state index contributed by atoms with van der Waals surface area (Å²) in [4.78, 5) is 14.6. The van der Waals surface area contributed by atoms with Crippen LogP contribution in [0.15, 0.2) is 54.6 Å². The van der Waals surface area contributed by atoms with Gasteiger partial charge in [-0.15, -0.1) is 0 Å². The van der Waals surface area contributed by atoms with E-state index >= 15 is 0 Å². The van der Waals surface area contributed by atoms with Crippen molar-refractivity contribution in [2.45, 2.75) is 63.8 Å². The highest BCUT2D eigenvalue weighted by Gasteiger charge is 2.32. The Labute approximate surface area is 199 Å². The standard InChI is InChI=1S/C27H33F3N2O2/c28-27(29,30)23-12-14-24(15-13-23)32-16-6-9-21(18-32)17-22-10-4-5-11-25(22)31-26(33)34-19-20-7-2-1-3-8-20/h1-3,7-8,12-15,21-22,25H,4-6,9-11,16-19H2,(H,31,33)/t21-,22+,25-/m1/s1. The smallest absolute Gasteiger partial charge is 0.416 e. The van der Waals surface area contributed by atoms with Gasteiger partial charge in [0.25, 0.3) is 0 Å². The maximum Gasteiger partial charge on any atom is 0.416 e. The van der Waals surface area contributed by atoms with E-state index in [1.165, 1.54) is 12.1 Å². The van der Waals surface area contributed by atoms with Crippen molar-refractivity contribution in [3.8, 4) is 0 Å². The molecule has 0 bridgehead atoms. The topological polar surface area (TPSA) is 41.6 Å². The molecule has 4 nitrogen and oxygen atoms in total. The maximum atomic E-state index is 12.9. The molecule has 2 aliphatic rings. The highest BCUT2D eigenvalue weighted by molar-refractivity contribution is 5.67. The number of ether oxygens (including phenoxy) is 1. The van der Waals surface area contributed by atoms with E-state index < -0.39 is 11.7 Å². The molecular weight excluding hydrogens is 441 g/mol. The molecular formula is C27H33F3N2O2. The van der Waals surface area contributed by atoms with Crippen molar-refractivity contribution in [3.63, 3.8) is 0 Å². The highest BCUT2D eigenvalue weighted by atomic mass is 19.4. The number of piperidine rings is 1. The molecule has 184 valence electrons. The molecule has 0 radical (unpaired) electrons. The number of carbonyl (C=O) groups is 1. The second-order valence-corrected chi connectivity index (χ2v) is 9.59. The number of alkyl carbamates (subject to hydrolysis) is 1. The summed E-state index contributed by atoms with van der Waals surface area (Å²) >= 11 is 0. The maximum absolute atomic E-state index is 12.9. The zero-order chi connectivity index (χ0) is 24.0. The summed E-state index contributed by atoms with van der Waals surface area (Å²) in [5.74, 6) is 0.861. The Hall–Kier alpha value is -2.70. The van der Waals surface area contributed by atoms with Crippen LogP contribution in [0.3, 0.4) is 0 Å². The van der Waals surface area contributed by atoms with Crippen LogP contribution in [0.5, 0.6) is 0 Å². The lowest BCUT2D eigenvalue weighted by Crippen LogP contribution is -2.44. The Morgan fingerprint density at radius 3 is 2.44 bits per heavy atom. The number of halogens is 3. The van der Waals surface area contributed by atoms with Gasteiger partial charge in [-0.3, -0.25) is 0 Å².